The minimum atomic E-state index is -0.0456. The molecular weight excluding hydrogens is 232 g/mol. The van der Waals surface area contributed by atoms with Crippen molar-refractivity contribution in [3.8, 4) is 0 Å². The van der Waals surface area contributed by atoms with E-state index in [0.717, 1.165) is 11.3 Å². The topological polar surface area (TPSA) is 73.6 Å². The van der Waals surface area contributed by atoms with Gasteiger partial charge in [-0.25, -0.2) is 0 Å². The molecule has 1 heterocycles. The van der Waals surface area contributed by atoms with Crippen molar-refractivity contribution >= 4 is 11.6 Å². The van der Waals surface area contributed by atoms with Gasteiger partial charge >= 0.3 is 0 Å². The molecule has 3 N–H and O–H groups in total. The van der Waals surface area contributed by atoms with E-state index in [4.69, 9.17) is 15.2 Å². The molecule has 1 fully saturated rings. The maximum Gasteiger partial charge on any atom is 0.226 e. The predicted octanol–water partition coefficient (Wildman–Crippen LogP) is 0.889. The van der Waals surface area contributed by atoms with Crippen molar-refractivity contribution in [1.82, 2.24) is 0 Å². The molecule has 1 aliphatic rings. The van der Waals surface area contributed by atoms with Gasteiger partial charge in [-0.05, 0) is 17.7 Å². The van der Waals surface area contributed by atoms with Crippen LogP contribution < -0.4 is 11.1 Å². The van der Waals surface area contributed by atoms with E-state index in [-0.39, 0.29) is 12.0 Å². The van der Waals surface area contributed by atoms with Gasteiger partial charge in [-0.1, -0.05) is 12.1 Å². The van der Waals surface area contributed by atoms with Crippen LogP contribution in [0.25, 0.3) is 0 Å². The molecule has 0 aliphatic carbocycles. The molecule has 0 bridgehead atoms. The Kier molecular flexibility index (Phi) is 4.69. The predicted molar refractivity (Wildman–Crippen MR) is 68.1 cm³/mol. The Morgan fingerprint density at radius 1 is 1.39 bits per heavy atom. The van der Waals surface area contributed by atoms with Crippen LogP contribution in [-0.4, -0.2) is 31.8 Å². The van der Waals surface area contributed by atoms with Gasteiger partial charge in [-0.2, -0.15) is 0 Å². The average molecular weight is 250 g/mol. The number of carbonyl (C=O) groups excluding carboxylic acids is 1. The highest BCUT2D eigenvalue weighted by Gasteiger charge is 2.18. The van der Waals surface area contributed by atoms with Gasteiger partial charge in [0.2, 0.25) is 5.91 Å². The molecule has 0 saturated carbocycles. The Morgan fingerprint density at radius 3 is 2.67 bits per heavy atom. The number of rotatable bonds is 6. The van der Waals surface area contributed by atoms with Gasteiger partial charge in [0.25, 0.3) is 0 Å². The summed E-state index contributed by atoms with van der Waals surface area (Å²) in [5.41, 5.74) is 7.32. The zero-order valence-electron chi connectivity index (χ0n) is 10.2. The summed E-state index contributed by atoms with van der Waals surface area (Å²) >= 11 is 0. The molecule has 0 radical (unpaired) electrons. The first-order valence-corrected chi connectivity index (χ1v) is 6.06. The molecule has 1 amide bonds. The Hall–Kier alpha value is -1.43. The van der Waals surface area contributed by atoms with E-state index in [1.807, 2.05) is 24.3 Å². The van der Waals surface area contributed by atoms with Crippen LogP contribution in [0.1, 0.15) is 12.0 Å². The van der Waals surface area contributed by atoms with Crippen molar-refractivity contribution < 1.29 is 14.3 Å². The van der Waals surface area contributed by atoms with Gasteiger partial charge in [-0.3, -0.25) is 4.79 Å². The van der Waals surface area contributed by atoms with Crippen LogP contribution >= 0.6 is 0 Å². The summed E-state index contributed by atoms with van der Waals surface area (Å²) < 4.78 is 10.4. The maximum atomic E-state index is 11.6. The zero-order valence-corrected chi connectivity index (χ0v) is 10.2. The van der Waals surface area contributed by atoms with Gasteiger partial charge in [0.05, 0.1) is 26.2 Å². The number of nitrogens with one attached hydrogen (secondary N) is 1. The second-order valence-electron chi connectivity index (χ2n) is 4.23. The highest BCUT2D eigenvalue weighted by atomic mass is 16.6. The first-order chi connectivity index (χ1) is 8.78. The highest BCUT2D eigenvalue weighted by Crippen LogP contribution is 2.10. The van der Waals surface area contributed by atoms with E-state index in [2.05, 4.69) is 5.32 Å². The molecule has 1 aromatic rings. The minimum Gasteiger partial charge on any atom is -0.376 e. The van der Waals surface area contributed by atoms with Crippen LogP contribution in [0.15, 0.2) is 24.3 Å². The molecular formula is C13H18N2O3. The number of nitrogens with two attached hydrogens (primary N) is 1. The van der Waals surface area contributed by atoms with Gasteiger partial charge < -0.3 is 20.5 Å². The summed E-state index contributed by atoms with van der Waals surface area (Å²) in [4.78, 5) is 11.6. The van der Waals surface area contributed by atoms with Crippen molar-refractivity contribution in [2.24, 2.45) is 5.73 Å². The number of carbonyl (C=O) groups is 1. The third kappa shape index (κ3) is 3.80. The Labute approximate surface area is 106 Å². The van der Waals surface area contributed by atoms with Crippen LogP contribution in [0.2, 0.25) is 0 Å². The molecule has 1 aromatic carbocycles. The smallest absolute Gasteiger partial charge is 0.226 e. The van der Waals surface area contributed by atoms with E-state index in [1.54, 1.807) is 0 Å². The van der Waals surface area contributed by atoms with Crippen molar-refractivity contribution in [1.29, 1.82) is 0 Å². The lowest BCUT2D eigenvalue weighted by molar-refractivity contribution is -0.135. The van der Waals surface area contributed by atoms with Crippen molar-refractivity contribution in [3.05, 3.63) is 29.8 Å². The molecule has 1 aliphatic heterocycles. The molecule has 0 atom stereocenters. The van der Waals surface area contributed by atoms with Crippen molar-refractivity contribution in [2.75, 3.05) is 25.1 Å². The van der Waals surface area contributed by atoms with E-state index in [0.29, 0.717) is 32.8 Å². The number of amides is 1. The fourth-order valence-corrected chi connectivity index (χ4v) is 1.58. The average Bonchev–Trinajstić information content (AvgIpc) is 2.33. The minimum absolute atomic E-state index is 0.0456. The molecule has 0 aromatic heterocycles. The third-order valence-corrected chi connectivity index (χ3v) is 2.76. The molecule has 0 spiro atoms. The van der Waals surface area contributed by atoms with Crippen molar-refractivity contribution in [3.63, 3.8) is 0 Å². The van der Waals surface area contributed by atoms with Gasteiger partial charge in [0, 0.05) is 12.2 Å². The standard InChI is InChI=1S/C13H18N2O3/c14-7-10-1-3-11(4-2-10)15-13(16)5-6-18-12-8-17-9-12/h1-4,12H,5-9,14H2,(H,15,16). The van der Waals surface area contributed by atoms with Gasteiger partial charge in [0.1, 0.15) is 6.10 Å². The number of hydrogen-bond acceptors (Lipinski definition) is 4. The van der Waals surface area contributed by atoms with Crippen LogP contribution in [0, 0.1) is 0 Å². The van der Waals surface area contributed by atoms with E-state index < -0.39 is 0 Å². The number of benzene rings is 1. The lowest BCUT2D eigenvalue weighted by atomic mass is 10.2. The summed E-state index contributed by atoms with van der Waals surface area (Å²) in [6.45, 7) is 2.22. The summed E-state index contributed by atoms with van der Waals surface area (Å²) in [5.74, 6) is -0.0456. The fourth-order valence-electron chi connectivity index (χ4n) is 1.58. The Balaban J connectivity index is 1.68. The molecule has 0 unspecified atom stereocenters. The molecule has 18 heavy (non-hydrogen) atoms. The number of hydrogen-bond donors (Lipinski definition) is 2. The molecule has 2 rings (SSSR count). The van der Waals surface area contributed by atoms with E-state index >= 15 is 0 Å². The quantitative estimate of drug-likeness (QED) is 0.786. The summed E-state index contributed by atoms with van der Waals surface area (Å²) in [6, 6.07) is 7.50. The molecule has 1 saturated heterocycles. The Bertz CT molecular complexity index is 388. The molecule has 5 nitrogen and oxygen atoms in total. The normalized spacial score (nSPS) is 15.2. The second kappa shape index (κ2) is 6.49. The summed E-state index contributed by atoms with van der Waals surface area (Å²) in [5, 5.41) is 2.81. The largest absolute Gasteiger partial charge is 0.376 e. The zero-order chi connectivity index (χ0) is 12.8. The van der Waals surface area contributed by atoms with E-state index in [1.165, 1.54) is 0 Å². The second-order valence-corrected chi connectivity index (χ2v) is 4.23. The van der Waals surface area contributed by atoms with Crippen LogP contribution in [0.4, 0.5) is 5.69 Å². The molecule has 5 heteroatoms. The van der Waals surface area contributed by atoms with E-state index in [9.17, 15) is 4.79 Å². The number of anilines is 1. The Morgan fingerprint density at radius 2 is 2.11 bits per heavy atom. The lowest BCUT2D eigenvalue weighted by Crippen LogP contribution is -2.36. The van der Waals surface area contributed by atoms with Crippen LogP contribution in [-0.2, 0) is 20.8 Å². The third-order valence-electron chi connectivity index (χ3n) is 2.76. The van der Waals surface area contributed by atoms with Gasteiger partial charge in [-0.15, -0.1) is 0 Å². The fraction of sp³-hybridized carbons (Fsp3) is 0.462. The maximum absolute atomic E-state index is 11.6. The highest BCUT2D eigenvalue weighted by molar-refractivity contribution is 5.90. The van der Waals surface area contributed by atoms with Crippen LogP contribution in [0.3, 0.4) is 0 Å². The van der Waals surface area contributed by atoms with Gasteiger partial charge in [0.15, 0.2) is 0 Å². The van der Waals surface area contributed by atoms with Crippen molar-refractivity contribution in [2.45, 2.75) is 19.1 Å². The lowest BCUT2D eigenvalue weighted by Gasteiger charge is -2.25. The van der Waals surface area contributed by atoms with Crippen LogP contribution in [0.5, 0.6) is 0 Å². The SMILES string of the molecule is NCc1ccc(NC(=O)CCOC2COC2)cc1. The number of ether oxygens (including phenoxy) is 2. The first kappa shape index (κ1) is 13.0. The molecule has 98 valence electrons. The monoisotopic (exact) mass is 250 g/mol. The first-order valence-electron chi connectivity index (χ1n) is 6.06. The summed E-state index contributed by atoms with van der Waals surface area (Å²) in [6.07, 6.45) is 0.524. The summed E-state index contributed by atoms with van der Waals surface area (Å²) in [7, 11) is 0.